The van der Waals surface area contributed by atoms with Crippen LogP contribution >= 0.6 is 11.3 Å². The van der Waals surface area contributed by atoms with Crippen molar-refractivity contribution in [1.82, 2.24) is 10.2 Å². The van der Waals surface area contributed by atoms with E-state index in [1.165, 1.54) is 23.3 Å². The van der Waals surface area contributed by atoms with Gasteiger partial charge in [0, 0.05) is 18.8 Å². The highest BCUT2D eigenvalue weighted by Gasteiger charge is 2.24. The lowest BCUT2D eigenvalue weighted by molar-refractivity contribution is 0.262. The van der Waals surface area contributed by atoms with Gasteiger partial charge >= 0.3 is 6.03 Å². The SMILES string of the molecule is Cc1ccc(NC(=O)Nc2nnc(N3C[C@H](C)C[C@H](C)C3)s2)cc1C. The molecule has 2 amide bonds. The molecule has 1 aromatic heterocycles. The van der Waals surface area contributed by atoms with Gasteiger partial charge in [0.05, 0.1) is 0 Å². The summed E-state index contributed by atoms with van der Waals surface area (Å²) in [6.07, 6.45) is 1.25. The maximum absolute atomic E-state index is 12.2. The van der Waals surface area contributed by atoms with E-state index >= 15 is 0 Å². The van der Waals surface area contributed by atoms with Crippen LogP contribution in [0, 0.1) is 25.7 Å². The minimum atomic E-state index is -0.300. The maximum Gasteiger partial charge on any atom is 0.325 e. The largest absolute Gasteiger partial charge is 0.346 e. The Hall–Kier alpha value is -2.15. The number of rotatable bonds is 3. The first-order chi connectivity index (χ1) is 11.9. The third-order valence-corrected chi connectivity index (χ3v) is 5.44. The Morgan fingerprint density at radius 2 is 1.84 bits per heavy atom. The summed E-state index contributed by atoms with van der Waals surface area (Å²) in [5.41, 5.74) is 3.11. The number of nitrogens with one attached hydrogen (secondary N) is 2. The van der Waals surface area contributed by atoms with Gasteiger partial charge < -0.3 is 10.2 Å². The topological polar surface area (TPSA) is 70.1 Å². The van der Waals surface area contributed by atoms with E-state index in [4.69, 9.17) is 0 Å². The Balaban J connectivity index is 1.60. The fraction of sp³-hybridized carbons (Fsp3) is 0.500. The summed E-state index contributed by atoms with van der Waals surface area (Å²) >= 11 is 1.42. The molecule has 0 aliphatic carbocycles. The van der Waals surface area contributed by atoms with Crippen molar-refractivity contribution in [2.24, 2.45) is 11.8 Å². The molecule has 0 saturated carbocycles. The van der Waals surface area contributed by atoms with Gasteiger partial charge in [0.15, 0.2) is 0 Å². The molecule has 0 unspecified atom stereocenters. The summed E-state index contributed by atoms with van der Waals surface area (Å²) in [6, 6.07) is 5.54. The molecule has 0 bridgehead atoms. The predicted octanol–water partition coefficient (Wildman–Crippen LogP) is 4.28. The van der Waals surface area contributed by atoms with Crippen LogP contribution < -0.4 is 15.5 Å². The molecule has 1 saturated heterocycles. The van der Waals surface area contributed by atoms with Gasteiger partial charge in [-0.1, -0.05) is 31.3 Å². The lowest BCUT2D eigenvalue weighted by Crippen LogP contribution is -2.38. The van der Waals surface area contributed by atoms with E-state index in [1.54, 1.807) is 0 Å². The van der Waals surface area contributed by atoms with Gasteiger partial charge in [-0.3, -0.25) is 5.32 Å². The van der Waals surface area contributed by atoms with Crippen LogP contribution in [0.15, 0.2) is 18.2 Å². The first-order valence-corrected chi connectivity index (χ1v) is 9.46. The molecular formula is C18H25N5OS. The van der Waals surface area contributed by atoms with Crippen LogP contribution in [0.2, 0.25) is 0 Å². The van der Waals surface area contributed by atoms with Gasteiger partial charge in [-0.15, -0.1) is 10.2 Å². The number of carbonyl (C=O) groups is 1. The fourth-order valence-electron chi connectivity index (χ4n) is 3.29. The van der Waals surface area contributed by atoms with Crippen LogP contribution in [0.3, 0.4) is 0 Å². The number of aryl methyl sites for hydroxylation is 2. The molecule has 134 valence electrons. The summed E-state index contributed by atoms with van der Waals surface area (Å²) in [7, 11) is 0. The average molecular weight is 359 g/mol. The normalized spacial score (nSPS) is 20.4. The molecule has 6 nitrogen and oxygen atoms in total. The molecule has 1 aliphatic heterocycles. The second kappa shape index (κ2) is 7.39. The van der Waals surface area contributed by atoms with E-state index in [1.807, 2.05) is 32.0 Å². The predicted molar refractivity (Wildman–Crippen MR) is 104 cm³/mol. The highest BCUT2D eigenvalue weighted by atomic mass is 32.1. The molecule has 2 atom stereocenters. The third kappa shape index (κ3) is 4.48. The zero-order valence-corrected chi connectivity index (χ0v) is 16.0. The highest BCUT2D eigenvalue weighted by molar-refractivity contribution is 7.19. The summed E-state index contributed by atoms with van der Waals surface area (Å²) in [6.45, 7) is 10.6. The summed E-state index contributed by atoms with van der Waals surface area (Å²) in [5, 5.41) is 15.4. The average Bonchev–Trinajstić information content (AvgIpc) is 2.98. The minimum absolute atomic E-state index is 0.300. The second-order valence-electron chi connectivity index (χ2n) is 7.12. The molecule has 0 spiro atoms. The Morgan fingerprint density at radius 3 is 2.52 bits per heavy atom. The summed E-state index contributed by atoms with van der Waals surface area (Å²) < 4.78 is 0. The van der Waals surface area contributed by atoms with E-state index in [2.05, 4.69) is 39.6 Å². The molecular weight excluding hydrogens is 334 g/mol. The van der Waals surface area contributed by atoms with E-state index in [0.29, 0.717) is 17.0 Å². The molecule has 3 rings (SSSR count). The Bertz CT molecular complexity index is 750. The van der Waals surface area contributed by atoms with Crippen molar-refractivity contribution in [3.8, 4) is 0 Å². The number of nitrogens with zero attached hydrogens (tertiary/aromatic N) is 3. The first kappa shape index (κ1) is 17.7. The van der Waals surface area contributed by atoms with E-state index in [0.717, 1.165) is 29.5 Å². The zero-order valence-electron chi connectivity index (χ0n) is 15.2. The monoisotopic (exact) mass is 359 g/mol. The fourth-order valence-corrected chi connectivity index (χ4v) is 4.05. The van der Waals surface area contributed by atoms with Crippen LogP contribution in [0.25, 0.3) is 0 Å². The van der Waals surface area contributed by atoms with Crippen molar-refractivity contribution >= 4 is 33.3 Å². The first-order valence-electron chi connectivity index (χ1n) is 8.64. The van der Waals surface area contributed by atoms with E-state index in [9.17, 15) is 4.79 Å². The molecule has 2 heterocycles. The van der Waals surface area contributed by atoms with Crippen LogP contribution in [-0.2, 0) is 0 Å². The molecule has 1 aromatic carbocycles. The summed E-state index contributed by atoms with van der Waals surface area (Å²) in [4.78, 5) is 14.4. The van der Waals surface area contributed by atoms with Gasteiger partial charge in [-0.2, -0.15) is 0 Å². The molecule has 2 aromatic rings. The number of hydrogen-bond donors (Lipinski definition) is 2. The second-order valence-corrected chi connectivity index (χ2v) is 8.07. The van der Waals surface area contributed by atoms with Crippen LogP contribution in [0.1, 0.15) is 31.4 Å². The molecule has 25 heavy (non-hydrogen) atoms. The Morgan fingerprint density at radius 1 is 1.12 bits per heavy atom. The zero-order chi connectivity index (χ0) is 18.0. The van der Waals surface area contributed by atoms with Gasteiger partial charge in [0.1, 0.15) is 0 Å². The van der Waals surface area contributed by atoms with Gasteiger partial charge in [-0.25, -0.2) is 4.79 Å². The third-order valence-electron chi connectivity index (χ3n) is 4.54. The van der Waals surface area contributed by atoms with Crippen molar-refractivity contribution in [2.75, 3.05) is 28.6 Å². The van der Waals surface area contributed by atoms with E-state index in [-0.39, 0.29) is 6.03 Å². The number of carbonyl (C=O) groups excluding carboxylic acids is 1. The minimum Gasteiger partial charge on any atom is -0.346 e. The standard InChI is InChI=1S/C18H25N5OS/c1-11-7-12(2)10-23(9-11)18-22-21-17(25-18)20-16(24)19-15-6-5-13(3)14(4)8-15/h5-6,8,11-12H,7,9-10H2,1-4H3,(H2,19,20,21,24)/t11-,12+. The number of urea groups is 1. The number of hydrogen-bond acceptors (Lipinski definition) is 5. The van der Waals surface area contributed by atoms with Crippen molar-refractivity contribution in [1.29, 1.82) is 0 Å². The van der Waals surface area contributed by atoms with Crippen molar-refractivity contribution in [3.63, 3.8) is 0 Å². The summed E-state index contributed by atoms with van der Waals surface area (Å²) in [5.74, 6) is 1.30. The van der Waals surface area contributed by atoms with Gasteiger partial charge in [-0.05, 0) is 55.4 Å². The number of benzene rings is 1. The maximum atomic E-state index is 12.2. The highest BCUT2D eigenvalue weighted by Crippen LogP contribution is 2.30. The van der Waals surface area contributed by atoms with Crippen LogP contribution in [0.5, 0.6) is 0 Å². The molecule has 1 aliphatic rings. The smallest absolute Gasteiger partial charge is 0.325 e. The van der Waals surface area contributed by atoms with Gasteiger partial charge in [0.25, 0.3) is 0 Å². The lowest BCUT2D eigenvalue weighted by Gasteiger charge is -2.34. The number of anilines is 3. The molecule has 1 fully saturated rings. The van der Waals surface area contributed by atoms with Crippen LogP contribution in [0.4, 0.5) is 20.7 Å². The van der Waals surface area contributed by atoms with Gasteiger partial charge in [0.2, 0.25) is 10.3 Å². The molecule has 7 heteroatoms. The number of piperidine rings is 1. The Kier molecular flexibility index (Phi) is 5.22. The lowest BCUT2D eigenvalue weighted by atomic mass is 9.92. The Labute approximate surface area is 152 Å². The quantitative estimate of drug-likeness (QED) is 0.858. The van der Waals surface area contributed by atoms with Crippen molar-refractivity contribution in [3.05, 3.63) is 29.3 Å². The van der Waals surface area contributed by atoms with Crippen LogP contribution in [-0.4, -0.2) is 29.3 Å². The van der Waals surface area contributed by atoms with Crippen molar-refractivity contribution in [2.45, 2.75) is 34.1 Å². The number of aromatic nitrogens is 2. The molecule has 2 N–H and O–H groups in total. The van der Waals surface area contributed by atoms with Crippen molar-refractivity contribution < 1.29 is 4.79 Å². The van der Waals surface area contributed by atoms with E-state index < -0.39 is 0 Å². The molecule has 0 radical (unpaired) electrons. The number of amides is 2.